The highest BCUT2D eigenvalue weighted by Crippen LogP contribution is 2.16. The number of anilines is 1. The van der Waals surface area contributed by atoms with E-state index in [2.05, 4.69) is 15.5 Å². The van der Waals surface area contributed by atoms with E-state index in [4.69, 9.17) is 9.63 Å². The fourth-order valence-corrected chi connectivity index (χ4v) is 1.83. The lowest BCUT2D eigenvalue weighted by molar-refractivity contribution is -0.136. The number of hydrogen-bond donors (Lipinski definition) is 2. The SMILES string of the molecule is O=C(O)Cc1csc(NCc2ccno2)n1. The molecule has 7 heteroatoms. The summed E-state index contributed by atoms with van der Waals surface area (Å²) in [6.45, 7) is 0.486. The van der Waals surface area contributed by atoms with Crippen LogP contribution in [-0.2, 0) is 17.8 Å². The molecule has 84 valence electrons. The highest BCUT2D eigenvalue weighted by Gasteiger charge is 2.06. The van der Waals surface area contributed by atoms with Crippen LogP contribution < -0.4 is 5.32 Å². The molecule has 0 radical (unpaired) electrons. The van der Waals surface area contributed by atoms with Gasteiger partial charge in [0.2, 0.25) is 0 Å². The second-order valence-corrected chi connectivity index (χ2v) is 3.90. The Labute approximate surface area is 94.9 Å². The summed E-state index contributed by atoms with van der Waals surface area (Å²) < 4.78 is 4.90. The van der Waals surface area contributed by atoms with Crippen molar-refractivity contribution < 1.29 is 14.4 Å². The van der Waals surface area contributed by atoms with Crippen LogP contribution in [0.15, 0.2) is 22.2 Å². The third-order valence-corrected chi connectivity index (χ3v) is 2.64. The number of carbonyl (C=O) groups is 1. The van der Waals surface area contributed by atoms with Crippen LogP contribution in [0.2, 0.25) is 0 Å². The summed E-state index contributed by atoms with van der Waals surface area (Å²) >= 11 is 1.37. The van der Waals surface area contributed by atoms with Crippen LogP contribution in [0.25, 0.3) is 0 Å². The molecule has 0 saturated heterocycles. The number of nitrogens with one attached hydrogen (secondary N) is 1. The Morgan fingerprint density at radius 3 is 3.19 bits per heavy atom. The third-order valence-electron chi connectivity index (χ3n) is 1.79. The predicted octanol–water partition coefficient (Wildman–Crippen LogP) is 1.37. The Hall–Kier alpha value is -1.89. The first-order valence-electron chi connectivity index (χ1n) is 4.53. The lowest BCUT2D eigenvalue weighted by Crippen LogP contribution is -2.01. The number of nitrogens with zero attached hydrogens (tertiary/aromatic N) is 2. The summed E-state index contributed by atoms with van der Waals surface area (Å²) in [5.41, 5.74) is 0.553. The number of aromatic nitrogens is 2. The molecule has 0 aromatic carbocycles. The first kappa shape index (κ1) is 10.6. The fourth-order valence-electron chi connectivity index (χ4n) is 1.12. The van der Waals surface area contributed by atoms with Crippen molar-refractivity contribution in [2.75, 3.05) is 5.32 Å². The van der Waals surface area contributed by atoms with E-state index >= 15 is 0 Å². The van der Waals surface area contributed by atoms with Crippen LogP contribution in [0, 0.1) is 0 Å². The standard InChI is InChI=1S/C9H9N3O3S/c13-8(14)3-6-5-16-9(12-6)10-4-7-1-2-11-15-7/h1-2,5H,3-4H2,(H,10,12)(H,13,14). The lowest BCUT2D eigenvalue weighted by atomic mass is 10.3. The molecular formula is C9H9N3O3S. The van der Waals surface area contributed by atoms with Gasteiger partial charge in [-0.1, -0.05) is 5.16 Å². The maximum Gasteiger partial charge on any atom is 0.309 e. The molecule has 0 atom stereocenters. The molecule has 2 N–H and O–H groups in total. The first-order chi connectivity index (χ1) is 7.74. The molecule has 0 spiro atoms. The van der Waals surface area contributed by atoms with Crippen molar-refractivity contribution in [3.05, 3.63) is 29.1 Å². The van der Waals surface area contributed by atoms with Crippen LogP contribution in [0.3, 0.4) is 0 Å². The molecule has 0 fully saturated rings. The topological polar surface area (TPSA) is 88.2 Å². The van der Waals surface area contributed by atoms with Crippen molar-refractivity contribution in [1.82, 2.24) is 10.1 Å². The molecule has 2 rings (SSSR count). The van der Waals surface area contributed by atoms with Crippen molar-refractivity contribution in [2.45, 2.75) is 13.0 Å². The van der Waals surface area contributed by atoms with Gasteiger partial charge in [-0.15, -0.1) is 11.3 Å². The summed E-state index contributed by atoms with van der Waals surface area (Å²) in [5, 5.41) is 17.6. The number of rotatable bonds is 5. The molecule has 2 aromatic rings. The van der Waals surface area contributed by atoms with Crippen LogP contribution in [0.5, 0.6) is 0 Å². The van der Waals surface area contributed by atoms with E-state index in [1.807, 2.05) is 0 Å². The van der Waals surface area contributed by atoms with Gasteiger partial charge in [0.1, 0.15) is 0 Å². The van der Waals surface area contributed by atoms with Gasteiger partial charge in [-0.25, -0.2) is 4.98 Å². The zero-order valence-corrected chi connectivity index (χ0v) is 9.03. The number of thiazole rings is 1. The summed E-state index contributed by atoms with van der Waals surface area (Å²) in [6.07, 6.45) is 1.51. The minimum absolute atomic E-state index is 0.0551. The average Bonchev–Trinajstić information content (AvgIpc) is 2.84. The zero-order chi connectivity index (χ0) is 11.4. The van der Waals surface area contributed by atoms with Gasteiger partial charge in [0.05, 0.1) is 24.9 Å². The monoisotopic (exact) mass is 239 g/mol. The summed E-state index contributed by atoms with van der Waals surface area (Å²) in [6, 6.07) is 1.75. The van der Waals surface area contributed by atoms with Crippen molar-refractivity contribution in [1.29, 1.82) is 0 Å². The fraction of sp³-hybridized carbons (Fsp3) is 0.222. The van der Waals surface area contributed by atoms with Crippen molar-refractivity contribution in [3.8, 4) is 0 Å². The number of hydrogen-bond acceptors (Lipinski definition) is 6. The molecule has 2 heterocycles. The van der Waals surface area contributed by atoms with Gasteiger partial charge in [0, 0.05) is 11.4 Å². The minimum Gasteiger partial charge on any atom is -0.481 e. The van der Waals surface area contributed by atoms with E-state index < -0.39 is 5.97 Å². The molecular weight excluding hydrogens is 230 g/mol. The van der Waals surface area contributed by atoms with E-state index in [-0.39, 0.29) is 6.42 Å². The molecule has 0 aliphatic carbocycles. The van der Waals surface area contributed by atoms with Crippen LogP contribution in [0.1, 0.15) is 11.5 Å². The summed E-state index contributed by atoms with van der Waals surface area (Å²) in [4.78, 5) is 14.6. The van der Waals surface area contributed by atoms with E-state index in [9.17, 15) is 4.79 Å². The average molecular weight is 239 g/mol. The first-order valence-corrected chi connectivity index (χ1v) is 5.41. The maximum atomic E-state index is 10.4. The van der Waals surface area contributed by atoms with Gasteiger partial charge in [0.25, 0.3) is 0 Å². The van der Waals surface area contributed by atoms with Gasteiger partial charge in [-0.05, 0) is 0 Å². The number of aliphatic carboxylic acids is 1. The van der Waals surface area contributed by atoms with Crippen molar-refractivity contribution in [3.63, 3.8) is 0 Å². The van der Waals surface area contributed by atoms with E-state index in [1.165, 1.54) is 11.3 Å². The maximum absolute atomic E-state index is 10.4. The van der Waals surface area contributed by atoms with E-state index in [1.54, 1.807) is 17.6 Å². The molecule has 0 amide bonds. The smallest absolute Gasteiger partial charge is 0.309 e. The van der Waals surface area contributed by atoms with Crippen LogP contribution in [0.4, 0.5) is 5.13 Å². The van der Waals surface area contributed by atoms with Crippen molar-refractivity contribution in [2.24, 2.45) is 0 Å². The summed E-state index contributed by atoms with van der Waals surface area (Å²) in [5.74, 6) is -0.179. The molecule has 2 aromatic heterocycles. The van der Waals surface area contributed by atoms with E-state index in [0.717, 1.165) is 0 Å². The zero-order valence-electron chi connectivity index (χ0n) is 8.21. The Morgan fingerprint density at radius 2 is 2.50 bits per heavy atom. The Bertz CT molecular complexity index is 466. The predicted molar refractivity (Wildman–Crippen MR) is 57.3 cm³/mol. The van der Waals surface area contributed by atoms with E-state index in [0.29, 0.717) is 23.1 Å². The molecule has 0 unspecified atom stereocenters. The summed E-state index contributed by atoms with van der Waals surface area (Å²) in [7, 11) is 0. The van der Waals surface area contributed by atoms with Gasteiger partial charge in [-0.2, -0.15) is 0 Å². The minimum atomic E-state index is -0.882. The highest BCUT2D eigenvalue weighted by molar-refractivity contribution is 7.13. The molecule has 0 aliphatic heterocycles. The Balaban J connectivity index is 1.90. The molecule has 6 nitrogen and oxygen atoms in total. The highest BCUT2D eigenvalue weighted by atomic mass is 32.1. The van der Waals surface area contributed by atoms with Gasteiger partial charge < -0.3 is 14.9 Å². The van der Waals surface area contributed by atoms with Gasteiger partial charge in [-0.3, -0.25) is 4.79 Å². The largest absolute Gasteiger partial charge is 0.481 e. The quantitative estimate of drug-likeness (QED) is 0.819. The number of carboxylic acid groups (broad SMARTS) is 1. The normalized spacial score (nSPS) is 10.2. The Kier molecular flexibility index (Phi) is 3.16. The van der Waals surface area contributed by atoms with Crippen LogP contribution in [-0.4, -0.2) is 21.2 Å². The lowest BCUT2D eigenvalue weighted by Gasteiger charge is -1.97. The van der Waals surface area contributed by atoms with Gasteiger partial charge in [0.15, 0.2) is 10.9 Å². The third kappa shape index (κ3) is 2.80. The molecule has 16 heavy (non-hydrogen) atoms. The Morgan fingerprint density at radius 1 is 1.62 bits per heavy atom. The molecule has 0 bridgehead atoms. The molecule has 0 saturated carbocycles. The second-order valence-electron chi connectivity index (χ2n) is 3.05. The van der Waals surface area contributed by atoms with Crippen molar-refractivity contribution >= 4 is 22.4 Å². The number of carboxylic acids is 1. The molecule has 0 aliphatic rings. The second kappa shape index (κ2) is 4.75. The van der Waals surface area contributed by atoms with Crippen LogP contribution >= 0.6 is 11.3 Å². The van der Waals surface area contributed by atoms with Gasteiger partial charge >= 0.3 is 5.97 Å².